The van der Waals surface area contributed by atoms with Gasteiger partial charge >= 0.3 is 12.1 Å². The molecule has 2 unspecified atom stereocenters. The highest BCUT2D eigenvalue weighted by Crippen LogP contribution is 2.31. The maximum atomic E-state index is 12.4. The topological polar surface area (TPSA) is 26.3 Å². The number of ether oxygens (including phenoxy) is 1. The minimum absolute atomic E-state index is 0.193. The van der Waals surface area contributed by atoms with Crippen molar-refractivity contribution in [2.75, 3.05) is 6.61 Å². The summed E-state index contributed by atoms with van der Waals surface area (Å²) in [6.45, 7) is 5.51. The smallest absolute Gasteiger partial charge is 0.416 e. The molecule has 1 rings (SSSR count). The molecule has 19 heavy (non-hydrogen) atoms. The van der Waals surface area contributed by atoms with E-state index in [1.807, 2.05) is 0 Å². The van der Waals surface area contributed by atoms with Gasteiger partial charge < -0.3 is 4.74 Å². The van der Waals surface area contributed by atoms with E-state index in [2.05, 4.69) is 0 Å². The molecule has 0 saturated carbocycles. The molecular formula is C14H17F3O2. The fraction of sp³-hybridized carbons (Fsp3) is 0.500. The summed E-state index contributed by atoms with van der Waals surface area (Å²) >= 11 is 0. The van der Waals surface area contributed by atoms with Crippen LogP contribution < -0.4 is 0 Å². The van der Waals surface area contributed by atoms with Crippen LogP contribution in [0.5, 0.6) is 0 Å². The molecule has 106 valence electrons. The first-order chi connectivity index (χ1) is 8.77. The molecule has 0 aliphatic carbocycles. The molecule has 0 radical (unpaired) electrons. The summed E-state index contributed by atoms with van der Waals surface area (Å²) in [5.74, 6) is -0.923. The van der Waals surface area contributed by atoms with Gasteiger partial charge in [0.15, 0.2) is 0 Å². The van der Waals surface area contributed by atoms with Crippen LogP contribution in [0, 0.1) is 5.92 Å². The highest BCUT2D eigenvalue weighted by molar-refractivity contribution is 5.73. The second-order valence-corrected chi connectivity index (χ2v) is 4.45. The van der Waals surface area contributed by atoms with Crippen LogP contribution in [-0.2, 0) is 15.7 Å². The largest absolute Gasteiger partial charge is 0.466 e. The maximum Gasteiger partial charge on any atom is 0.416 e. The summed E-state index contributed by atoms with van der Waals surface area (Å²) in [5, 5.41) is 0. The number of benzene rings is 1. The number of carbonyl (C=O) groups is 1. The summed E-state index contributed by atoms with van der Waals surface area (Å²) in [7, 11) is 0. The Kier molecular flexibility index (Phi) is 4.97. The molecule has 2 nitrogen and oxygen atoms in total. The van der Waals surface area contributed by atoms with Crippen molar-refractivity contribution in [3.8, 4) is 0 Å². The molecule has 0 N–H and O–H groups in total. The van der Waals surface area contributed by atoms with Gasteiger partial charge in [0.1, 0.15) is 0 Å². The number of hydrogen-bond donors (Lipinski definition) is 0. The average Bonchev–Trinajstić information content (AvgIpc) is 2.36. The second kappa shape index (κ2) is 6.08. The molecule has 5 heteroatoms. The van der Waals surface area contributed by atoms with Gasteiger partial charge in [-0.3, -0.25) is 4.79 Å². The molecule has 0 aromatic heterocycles. The van der Waals surface area contributed by atoms with Gasteiger partial charge in [-0.05, 0) is 30.5 Å². The third kappa shape index (κ3) is 3.98. The van der Waals surface area contributed by atoms with Gasteiger partial charge in [0.25, 0.3) is 0 Å². The summed E-state index contributed by atoms with van der Waals surface area (Å²) in [5.41, 5.74) is 0.000732. The Bertz CT molecular complexity index is 423. The van der Waals surface area contributed by atoms with Crippen molar-refractivity contribution >= 4 is 5.97 Å². The van der Waals surface area contributed by atoms with Crippen LogP contribution in [0.1, 0.15) is 37.8 Å². The van der Waals surface area contributed by atoms with Crippen molar-refractivity contribution in [1.82, 2.24) is 0 Å². The van der Waals surface area contributed by atoms with E-state index in [0.717, 1.165) is 12.1 Å². The lowest BCUT2D eigenvalue weighted by Gasteiger charge is -2.19. The van der Waals surface area contributed by atoms with E-state index in [1.165, 1.54) is 12.1 Å². The Balaban J connectivity index is 2.83. The highest BCUT2D eigenvalue weighted by atomic mass is 19.4. The molecule has 0 heterocycles. The fourth-order valence-corrected chi connectivity index (χ4v) is 1.74. The molecule has 0 fully saturated rings. The van der Waals surface area contributed by atoms with Gasteiger partial charge in [-0.2, -0.15) is 13.2 Å². The van der Waals surface area contributed by atoms with Crippen molar-refractivity contribution in [2.45, 2.75) is 32.9 Å². The third-order valence-electron chi connectivity index (χ3n) is 3.17. The summed E-state index contributed by atoms with van der Waals surface area (Å²) in [4.78, 5) is 11.6. The molecule has 0 spiro atoms. The molecular weight excluding hydrogens is 257 g/mol. The van der Waals surface area contributed by atoms with Crippen molar-refractivity contribution < 1.29 is 22.7 Å². The normalized spacial score (nSPS) is 14.8. The Morgan fingerprint density at radius 3 is 2.16 bits per heavy atom. The number of carbonyl (C=O) groups excluding carboxylic acids is 1. The molecule has 2 atom stereocenters. The first-order valence-corrected chi connectivity index (χ1v) is 6.11. The van der Waals surface area contributed by atoms with Crippen LogP contribution in [0.25, 0.3) is 0 Å². The zero-order valence-corrected chi connectivity index (χ0v) is 11.1. The lowest BCUT2D eigenvalue weighted by molar-refractivity contribution is -0.148. The van der Waals surface area contributed by atoms with E-state index < -0.39 is 17.7 Å². The Morgan fingerprint density at radius 2 is 1.74 bits per heavy atom. The van der Waals surface area contributed by atoms with Crippen molar-refractivity contribution in [2.24, 2.45) is 5.92 Å². The first-order valence-electron chi connectivity index (χ1n) is 6.11. The van der Waals surface area contributed by atoms with Crippen LogP contribution in [0.2, 0.25) is 0 Å². The summed E-state index contributed by atoms with van der Waals surface area (Å²) < 4.78 is 42.2. The molecule has 1 aromatic carbocycles. The van der Waals surface area contributed by atoms with Crippen LogP contribution in [0.3, 0.4) is 0 Å². The van der Waals surface area contributed by atoms with Crippen molar-refractivity contribution in [3.63, 3.8) is 0 Å². The predicted molar refractivity (Wildman–Crippen MR) is 65.7 cm³/mol. The van der Waals surface area contributed by atoms with E-state index in [4.69, 9.17) is 4.74 Å². The van der Waals surface area contributed by atoms with Crippen LogP contribution >= 0.6 is 0 Å². The zero-order chi connectivity index (χ0) is 14.6. The number of esters is 1. The van der Waals surface area contributed by atoms with Gasteiger partial charge in [-0.25, -0.2) is 0 Å². The molecule has 0 amide bonds. The molecule has 0 aliphatic heterocycles. The van der Waals surface area contributed by atoms with Gasteiger partial charge in [0, 0.05) is 0 Å². The Morgan fingerprint density at radius 1 is 1.21 bits per heavy atom. The lowest BCUT2D eigenvalue weighted by Crippen LogP contribution is -2.20. The second-order valence-electron chi connectivity index (χ2n) is 4.45. The van der Waals surface area contributed by atoms with Crippen molar-refractivity contribution in [3.05, 3.63) is 35.4 Å². The van der Waals surface area contributed by atoms with Crippen molar-refractivity contribution in [1.29, 1.82) is 0 Å². The lowest BCUT2D eigenvalue weighted by atomic mass is 9.88. The molecule has 0 saturated heterocycles. The Labute approximate surface area is 110 Å². The Hall–Kier alpha value is -1.52. The predicted octanol–water partition coefficient (Wildman–Crippen LogP) is 4.01. The highest BCUT2D eigenvalue weighted by Gasteiger charge is 2.30. The van der Waals surface area contributed by atoms with E-state index in [-0.39, 0.29) is 11.9 Å². The number of rotatable bonds is 4. The third-order valence-corrected chi connectivity index (χ3v) is 3.17. The van der Waals surface area contributed by atoms with Crippen LogP contribution in [0.4, 0.5) is 13.2 Å². The molecule has 0 aliphatic rings. The summed E-state index contributed by atoms with van der Waals surface area (Å²) in [6, 6.07) is 4.87. The maximum absolute atomic E-state index is 12.4. The average molecular weight is 274 g/mol. The van der Waals surface area contributed by atoms with Crippen LogP contribution in [0.15, 0.2) is 24.3 Å². The fourth-order valence-electron chi connectivity index (χ4n) is 1.74. The molecule has 1 aromatic rings. The number of hydrogen-bond acceptors (Lipinski definition) is 2. The quantitative estimate of drug-likeness (QED) is 0.775. The minimum Gasteiger partial charge on any atom is -0.466 e. The minimum atomic E-state index is -4.34. The summed E-state index contributed by atoms with van der Waals surface area (Å²) in [6.07, 6.45) is -4.34. The SMILES string of the molecule is CCOC(=O)C(C)C(C)c1ccc(C(F)(F)F)cc1. The zero-order valence-electron chi connectivity index (χ0n) is 11.1. The van der Waals surface area contributed by atoms with Crippen LogP contribution in [-0.4, -0.2) is 12.6 Å². The van der Waals surface area contributed by atoms with E-state index in [0.29, 0.717) is 12.2 Å². The van der Waals surface area contributed by atoms with Gasteiger partial charge in [0.05, 0.1) is 18.1 Å². The monoisotopic (exact) mass is 274 g/mol. The van der Waals surface area contributed by atoms with E-state index >= 15 is 0 Å². The van der Waals surface area contributed by atoms with Gasteiger partial charge in [-0.15, -0.1) is 0 Å². The van der Waals surface area contributed by atoms with E-state index in [9.17, 15) is 18.0 Å². The van der Waals surface area contributed by atoms with Gasteiger partial charge in [0.2, 0.25) is 0 Å². The number of alkyl halides is 3. The standard InChI is InChI=1S/C14H17F3O2/c1-4-19-13(18)10(3)9(2)11-5-7-12(8-6-11)14(15,16)17/h5-10H,4H2,1-3H3. The van der Waals surface area contributed by atoms with E-state index in [1.54, 1.807) is 20.8 Å². The number of halogens is 3. The molecule has 0 bridgehead atoms. The first kappa shape index (κ1) is 15.5. The van der Waals surface area contributed by atoms with Gasteiger partial charge in [-0.1, -0.05) is 26.0 Å².